The van der Waals surface area contributed by atoms with E-state index in [9.17, 15) is 4.79 Å². The van der Waals surface area contributed by atoms with Gasteiger partial charge in [-0.3, -0.25) is 4.79 Å². The number of pyridine rings is 1. The Kier molecular flexibility index (Phi) is 5.90. The third-order valence-electron chi connectivity index (χ3n) is 3.79. The topological polar surface area (TPSA) is 89.5 Å². The van der Waals surface area contributed by atoms with E-state index >= 15 is 0 Å². The van der Waals surface area contributed by atoms with Gasteiger partial charge in [-0.1, -0.05) is 24.3 Å². The lowest BCUT2D eigenvalue weighted by Gasteiger charge is -2.32. The van der Waals surface area contributed by atoms with Crippen LogP contribution in [0.25, 0.3) is 0 Å². The van der Waals surface area contributed by atoms with Gasteiger partial charge in [0.05, 0.1) is 18.8 Å². The number of rotatable bonds is 6. The molecule has 25 heavy (non-hydrogen) atoms. The zero-order chi connectivity index (χ0) is 17.6. The van der Waals surface area contributed by atoms with E-state index in [4.69, 9.17) is 9.47 Å². The Morgan fingerprint density at radius 3 is 3.12 bits per heavy atom. The number of nitrogens with one attached hydrogen (secondary N) is 1. The molecule has 3 heterocycles. The van der Waals surface area contributed by atoms with Gasteiger partial charge in [0.1, 0.15) is 23.5 Å². The van der Waals surface area contributed by atoms with E-state index in [2.05, 4.69) is 20.5 Å². The van der Waals surface area contributed by atoms with Gasteiger partial charge in [-0.2, -0.15) is 0 Å². The molecule has 0 bridgehead atoms. The van der Waals surface area contributed by atoms with E-state index < -0.39 is 0 Å². The van der Waals surface area contributed by atoms with Gasteiger partial charge in [0.15, 0.2) is 0 Å². The van der Waals surface area contributed by atoms with Crippen LogP contribution in [0.1, 0.15) is 23.7 Å². The summed E-state index contributed by atoms with van der Waals surface area (Å²) >= 11 is 1.51. The van der Waals surface area contributed by atoms with Gasteiger partial charge in [-0.05, 0) is 18.6 Å². The third-order valence-corrected chi connectivity index (χ3v) is 4.77. The molecular weight excluding hydrogens is 342 g/mol. The highest BCUT2D eigenvalue weighted by Gasteiger charge is 2.26. The summed E-state index contributed by atoms with van der Waals surface area (Å²) < 4.78 is 10.7. The molecule has 0 spiro atoms. The molecule has 1 unspecified atom stereocenters. The van der Waals surface area contributed by atoms with Crippen LogP contribution in [-0.2, 0) is 20.7 Å². The first-order valence-electron chi connectivity index (χ1n) is 8.14. The molecule has 1 fully saturated rings. The maximum atomic E-state index is 12.0. The number of ether oxygens (including phenoxy) is 2. The summed E-state index contributed by atoms with van der Waals surface area (Å²) in [5, 5.41) is 13.0. The first kappa shape index (κ1) is 17.7. The van der Waals surface area contributed by atoms with Crippen LogP contribution in [0.4, 0.5) is 10.9 Å². The fourth-order valence-electron chi connectivity index (χ4n) is 2.53. The molecule has 0 aromatic carbocycles. The minimum Gasteiger partial charge on any atom is -0.375 e. The number of aryl methyl sites for hydroxylation is 1. The average Bonchev–Trinajstić information content (AvgIpc) is 3.10. The molecule has 1 atom stereocenters. The van der Waals surface area contributed by atoms with Crippen LogP contribution >= 0.6 is 11.3 Å². The molecular formula is C16H21N5O3S. The fraction of sp³-hybridized carbons (Fsp3) is 0.500. The van der Waals surface area contributed by atoms with E-state index in [0.29, 0.717) is 30.6 Å². The Bertz CT molecular complexity index is 723. The smallest absolute Gasteiger partial charge is 0.248 e. The van der Waals surface area contributed by atoms with Crippen molar-refractivity contribution in [3.63, 3.8) is 0 Å². The highest BCUT2D eigenvalue weighted by molar-refractivity contribution is 7.15. The molecule has 2 aromatic heterocycles. The summed E-state index contributed by atoms with van der Waals surface area (Å²) in [6.07, 6.45) is 0.602. The lowest BCUT2D eigenvalue weighted by atomic mass is 10.2. The number of hydrogen-bond donors (Lipinski definition) is 1. The van der Waals surface area contributed by atoms with Crippen molar-refractivity contribution < 1.29 is 14.3 Å². The molecule has 0 saturated carbocycles. The highest BCUT2D eigenvalue weighted by atomic mass is 32.1. The van der Waals surface area contributed by atoms with E-state index in [1.807, 2.05) is 25.1 Å². The standard InChI is InChI=1S/C16H21N5O3S/c1-3-14-19-20-16(25-14)18-13-6-4-5-11(17-13)12-9-21(7-8-24-12)15(22)10-23-2/h4-6,12H,3,7-10H2,1-2H3,(H,17,18,20). The minimum atomic E-state index is -0.253. The first-order chi connectivity index (χ1) is 12.2. The van der Waals surface area contributed by atoms with Gasteiger partial charge in [0.2, 0.25) is 11.0 Å². The normalized spacial score (nSPS) is 17.5. The van der Waals surface area contributed by atoms with Crippen LogP contribution in [-0.4, -0.2) is 59.4 Å². The molecule has 1 N–H and O–H groups in total. The SMILES string of the molecule is CCc1nnc(Nc2cccc(C3CN(C(=O)COC)CCO3)n2)s1. The number of aromatic nitrogens is 3. The van der Waals surface area contributed by atoms with Gasteiger partial charge < -0.3 is 19.7 Å². The lowest BCUT2D eigenvalue weighted by molar-refractivity contribution is -0.143. The van der Waals surface area contributed by atoms with Crippen molar-refractivity contribution in [1.29, 1.82) is 0 Å². The van der Waals surface area contributed by atoms with E-state index in [1.165, 1.54) is 18.4 Å². The maximum Gasteiger partial charge on any atom is 0.248 e. The van der Waals surface area contributed by atoms with Crippen molar-refractivity contribution in [3.8, 4) is 0 Å². The van der Waals surface area contributed by atoms with Crippen LogP contribution in [0.2, 0.25) is 0 Å². The third kappa shape index (κ3) is 4.50. The number of carbonyl (C=O) groups is 1. The van der Waals surface area contributed by atoms with Crippen LogP contribution in [0, 0.1) is 0 Å². The van der Waals surface area contributed by atoms with E-state index in [-0.39, 0.29) is 18.6 Å². The van der Waals surface area contributed by atoms with Crippen molar-refractivity contribution in [2.75, 3.05) is 38.7 Å². The van der Waals surface area contributed by atoms with E-state index in [0.717, 1.165) is 17.1 Å². The van der Waals surface area contributed by atoms with Gasteiger partial charge in [0.25, 0.3) is 0 Å². The Balaban J connectivity index is 1.69. The van der Waals surface area contributed by atoms with Crippen molar-refractivity contribution in [2.24, 2.45) is 0 Å². The molecule has 3 rings (SSSR count). The maximum absolute atomic E-state index is 12.0. The minimum absolute atomic E-state index is 0.0361. The number of morpholine rings is 1. The lowest BCUT2D eigenvalue weighted by Crippen LogP contribution is -2.43. The summed E-state index contributed by atoms with van der Waals surface area (Å²) in [6.45, 7) is 3.65. The highest BCUT2D eigenvalue weighted by Crippen LogP contribution is 2.24. The number of amides is 1. The number of nitrogens with zero attached hydrogens (tertiary/aromatic N) is 4. The molecule has 8 nitrogen and oxygen atoms in total. The molecule has 9 heteroatoms. The second-order valence-corrected chi connectivity index (χ2v) is 6.62. The van der Waals surface area contributed by atoms with Crippen molar-refractivity contribution in [3.05, 3.63) is 28.9 Å². The van der Waals surface area contributed by atoms with Gasteiger partial charge >= 0.3 is 0 Å². The first-order valence-corrected chi connectivity index (χ1v) is 8.96. The molecule has 2 aromatic rings. The quantitative estimate of drug-likeness (QED) is 0.837. The van der Waals surface area contributed by atoms with Gasteiger partial charge in [0, 0.05) is 13.7 Å². The summed E-state index contributed by atoms with van der Waals surface area (Å²) in [5.74, 6) is 0.645. The zero-order valence-corrected chi connectivity index (χ0v) is 15.1. The van der Waals surface area contributed by atoms with Crippen LogP contribution in [0.5, 0.6) is 0 Å². The largest absolute Gasteiger partial charge is 0.375 e. The second-order valence-electron chi connectivity index (χ2n) is 5.56. The molecule has 1 amide bonds. The summed E-state index contributed by atoms with van der Waals surface area (Å²) in [7, 11) is 1.52. The summed E-state index contributed by atoms with van der Waals surface area (Å²) in [5.41, 5.74) is 0.778. The van der Waals surface area contributed by atoms with Crippen molar-refractivity contribution >= 4 is 28.2 Å². The predicted molar refractivity (Wildman–Crippen MR) is 94.0 cm³/mol. The van der Waals surface area contributed by atoms with Crippen molar-refractivity contribution in [2.45, 2.75) is 19.4 Å². The van der Waals surface area contributed by atoms with Crippen LogP contribution in [0.3, 0.4) is 0 Å². The number of methoxy groups -OCH3 is 1. The average molecular weight is 363 g/mol. The van der Waals surface area contributed by atoms with Gasteiger partial charge in [-0.15, -0.1) is 10.2 Å². The Morgan fingerprint density at radius 1 is 1.48 bits per heavy atom. The number of hydrogen-bond acceptors (Lipinski definition) is 8. The molecule has 1 aliphatic rings. The Labute approximate surface area is 150 Å². The molecule has 0 aliphatic carbocycles. The molecule has 1 saturated heterocycles. The molecule has 0 radical (unpaired) electrons. The zero-order valence-electron chi connectivity index (χ0n) is 14.3. The monoisotopic (exact) mass is 363 g/mol. The Hall–Kier alpha value is -2.10. The summed E-state index contributed by atoms with van der Waals surface area (Å²) in [4.78, 5) is 18.4. The van der Waals surface area contributed by atoms with Crippen LogP contribution < -0.4 is 5.32 Å². The number of anilines is 2. The molecule has 1 aliphatic heterocycles. The number of carbonyl (C=O) groups excluding carboxylic acids is 1. The van der Waals surface area contributed by atoms with Crippen LogP contribution in [0.15, 0.2) is 18.2 Å². The molecule has 134 valence electrons. The Morgan fingerprint density at radius 2 is 2.36 bits per heavy atom. The fourth-order valence-corrected chi connectivity index (χ4v) is 3.21. The predicted octanol–water partition coefficient (Wildman–Crippen LogP) is 1.79. The van der Waals surface area contributed by atoms with Gasteiger partial charge in [-0.25, -0.2) is 4.98 Å². The second kappa shape index (κ2) is 8.32. The summed E-state index contributed by atoms with van der Waals surface area (Å²) in [6, 6.07) is 5.68. The van der Waals surface area contributed by atoms with Crippen molar-refractivity contribution in [1.82, 2.24) is 20.1 Å². The van der Waals surface area contributed by atoms with E-state index in [1.54, 1.807) is 4.90 Å².